The number of rotatable bonds is 4. The quantitative estimate of drug-likeness (QED) is 0.800. The molecule has 1 fully saturated rings. The molecule has 0 aromatic heterocycles. The molecule has 0 unspecified atom stereocenters. The van der Waals surface area contributed by atoms with Gasteiger partial charge in [0, 0.05) is 19.1 Å². The highest BCUT2D eigenvalue weighted by atomic mass is 16.6. The Kier molecular flexibility index (Phi) is 6.62. The standard InChI is InChI=1S/C17H23N3O5/c1-3-25-17(23)20-10-8-12(9-11-20)18-15(21)16(22)19-13-6-4-5-7-14(13)24-2/h4-7,12H,3,8-11H2,1-2H3,(H,18,21)(H,19,22). The first kappa shape index (κ1) is 18.6. The number of piperidine rings is 1. The van der Waals surface area contributed by atoms with Gasteiger partial charge >= 0.3 is 17.9 Å². The number of likely N-dealkylation sites (tertiary alicyclic amines) is 1. The van der Waals surface area contributed by atoms with Gasteiger partial charge in [-0.3, -0.25) is 9.59 Å². The van der Waals surface area contributed by atoms with Crippen molar-refractivity contribution in [1.29, 1.82) is 0 Å². The van der Waals surface area contributed by atoms with Crippen molar-refractivity contribution in [2.45, 2.75) is 25.8 Å². The van der Waals surface area contributed by atoms with Crippen molar-refractivity contribution in [3.8, 4) is 5.75 Å². The molecule has 8 heteroatoms. The van der Waals surface area contributed by atoms with Crippen LogP contribution in [0, 0.1) is 0 Å². The maximum atomic E-state index is 12.1. The van der Waals surface area contributed by atoms with Crippen molar-refractivity contribution in [2.75, 3.05) is 32.1 Å². The number of hydrogen-bond acceptors (Lipinski definition) is 5. The molecule has 2 rings (SSSR count). The highest BCUT2D eigenvalue weighted by molar-refractivity contribution is 6.39. The topological polar surface area (TPSA) is 97.0 Å². The van der Waals surface area contributed by atoms with Gasteiger partial charge in [-0.2, -0.15) is 0 Å². The fraction of sp³-hybridized carbons (Fsp3) is 0.471. The first-order valence-electron chi connectivity index (χ1n) is 8.21. The lowest BCUT2D eigenvalue weighted by atomic mass is 10.1. The molecule has 0 bridgehead atoms. The molecule has 136 valence electrons. The average Bonchev–Trinajstić information content (AvgIpc) is 2.63. The van der Waals surface area contributed by atoms with Crippen LogP contribution in [0.4, 0.5) is 10.5 Å². The summed E-state index contributed by atoms with van der Waals surface area (Å²) in [5.41, 5.74) is 0.433. The lowest BCUT2D eigenvalue weighted by molar-refractivity contribution is -0.136. The maximum Gasteiger partial charge on any atom is 0.409 e. The molecule has 3 amide bonds. The minimum absolute atomic E-state index is 0.151. The Labute approximate surface area is 146 Å². The van der Waals surface area contributed by atoms with E-state index in [1.807, 2.05) is 0 Å². The van der Waals surface area contributed by atoms with E-state index in [1.165, 1.54) is 7.11 Å². The van der Waals surface area contributed by atoms with Gasteiger partial charge in [0.05, 0.1) is 19.4 Å². The van der Waals surface area contributed by atoms with E-state index in [1.54, 1.807) is 36.1 Å². The summed E-state index contributed by atoms with van der Waals surface area (Å²) in [4.78, 5) is 37.4. The van der Waals surface area contributed by atoms with Gasteiger partial charge in [0.15, 0.2) is 0 Å². The van der Waals surface area contributed by atoms with E-state index in [4.69, 9.17) is 9.47 Å². The molecule has 0 aliphatic carbocycles. The number of ether oxygens (including phenoxy) is 2. The third-order valence-corrected chi connectivity index (χ3v) is 3.92. The molecule has 0 radical (unpaired) electrons. The molecule has 0 saturated carbocycles. The summed E-state index contributed by atoms with van der Waals surface area (Å²) in [6.07, 6.45) is 0.806. The van der Waals surface area contributed by atoms with Crippen molar-refractivity contribution < 1.29 is 23.9 Å². The van der Waals surface area contributed by atoms with Gasteiger partial charge in [-0.05, 0) is 31.9 Å². The largest absolute Gasteiger partial charge is 0.495 e. The lowest BCUT2D eigenvalue weighted by Gasteiger charge is -2.31. The highest BCUT2D eigenvalue weighted by Gasteiger charge is 2.26. The van der Waals surface area contributed by atoms with Gasteiger partial charge in [-0.25, -0.2) is 4.79 Å². The van der Waals surface area contributed by atoms with E-state index in [0.29, 0.717) is 44.0 Å². The summed E-state index contributed by atoms with van der Waals surface area (Å²) >= 11 is 0. The molecule has 1 aliphatic rings. The first-order chi connectivity index (χ1) is 12.0. The van der Waals surface area contributed by atoms with Crippen LogP contribution in [-0.2, 0) is 14.3 Å². The summed E-state index contributed by atoms with van der Waals surface area (Å²) in [6.45, 7) is 3.06. The van der Waals surface area contributed by atoms with E-state index in [-0.39, 0.29) is 12.1 Å². The number of carbonyl (C=O) groups is 3. The van der Waals surface area contributed by atoms with Crippen molar-refractivity contribution >= 4 is 23.6 Å². The molecule has 25 heavy (non-hydrogen) atoms. The average molecular weight is 349 g/mol. The van der Waals surface area contributed by atoms with Crippen LogP contribution in [0.15, 0.2) is 24.3 Å². The lowest BCUT2D eigenvalue weighted by Crippen LogP contribution is -2.49. The third-order valence-electron chi connectivity index (χ3n) is 3.92. The molecule has 1 aliphatic heterocycles. The smallest absolute Gasteiger partial charge is 0.409 e. The van der Waals surface area contributed by atoms with Crippen LogP contribution in [0.1, 0.15) is 19.8 Å². The second-order valence-corrected chi connectivity index (χ2v) is 5.59. The van der Waals surface area contributed by atoms with Crippen molar-refractivity contribution in [3.05, 3.63) is 24.3 Å². The SMILES string of the molecule is CCOC(=O)N1CCC(NC(=O)C(=O)Nc2ccccc2OC)CC1. The number of para-hydroxylation sites is 2. The van der Waals surface area contributed by atoms with Crippen molar-refractivity contribution in [3.63, 3.8) is 0 Å². The number of amides is 3. The Hall–Kier alpha value is -2.77. The second-order valence-electron chi connectivity index (χ2n) is 5.59. The Morgan fingerprint density at radius 2 is 1.84 bits per heavy atom. The van der Waals surface area contributed by atoms with Crippen LogP contribution in [0.2, 0.25) is 0 Å². The zero-order chi connectivity index (χ0) is 18.2. The first-order valence-corrected chi connectivity index (χ1v) is 8.21. The van der Waals surface area contributed by atoms with Crippen LogP contribution < -0.4 is 15.4 Å². The molecule has 2 N–H and O–H groups in total. The maximum absolute atomic E-state index is 12.1. The number of benzene rings is 1. The summed E-state index contributed by atoms with van der Waals surface area (Å²) in [7, 11) is 1.49. The molecule has 8 nitrogen and oxygen atoms in total. The van der Waals surface area contributed by atoms with E-state index >= 15 is 0 Å². The number of methoxy groups -OCH3 is 1. The zero-order valence-corrected chi connectivity index (χ0v) is 14.4. The summed E-state index contributed by atoms with van der Waals surface area (Å²) in [5, 5.41) is 5.23. The highest BCUT2D eigenvalue weighted by Crippen LogP contribution is 2.22. The Morgan fingerprint density at radius 1 is 1.16 bits per heavy atom. The number of anilines is 1. The molecular weight excluding hydrogens is 326 g/mol. The van der Waals surface area contributed by atoms with Crippen LogP contribution >= 0.6 is 0 Å². The van der Waals surface area contributed by atoms with Crippen LogP contribution in [0.3, 0.4) is 0 Å². The van der Waals surface area contributed by atoms with Crippen molar-refractivity contribution in [2.24, 2.45) is 0 Å². The molecule has 1 saturated heterocycles. The zero-order valence-electron chi connectivity index (χ0n) is 14.4. The van der Waals surface area contributed by atoms with Crippen LogP contribution in [0.5, 0.6) is 5.75 Å². The van der Waals surface area contributed by atoms with E-state index < -0.39 is 11.8 Å². The van der Waals surface area contributed by atoms with E-state index in [2.05, 4.69) is 10.6 Å². The minimum atomic E-state index is -0.752. The second kappa shape index (κ2) is 8.91. The molecule has 0 spiro atoms. The Balaban J connectivity index is 1.82. The predicted molar refractivity (Wildman–Crippen MR) is 91.4 cm³/mol. The van der Waals surface area contributed by atoms with Crippen LogP contribution in [-0.4, -0.2) is 55.7 Å². The van der Waals surface area contributed by atoms with Crippen molar-refractivity contribution in [1.82, 2.24) is 10.2 Å². The molecule has 1 heterocycles. The third kappa shape index (κ3) is 5.10. The number of hydrogen-bond donors (Lipinski definition) is 2. The molecule has 1 aromatic carbocycles. The molecule has 1 aromatic rings. The van der Waals surface area contributed by atoms with E-state index in [0.717, 1.165) is 0 Å². The van der Waals surface area contributed by atoms with E-state index in [9.17, 15) is 14.4 Å². The molecule has 0 atom stereocenters. The Bertz CT molecular complexity index is 626. The summed E-state index contributed by atoms with van der Waals surface area (Å²) in [5.74, 6) is -0.982. The molecular formula is C17H23N3O5. The van der Waals surface area contributed by atoms with Gasteiger partial charge in [-0.15, -0.1) is 0 Å². The fourth-order valence-corrected chi connectivity index (χ4v) is 2.60. The minimum Gasteiger partial charge on any atom is -0.495 e. The Morgan fingerprint density at radius 3 is 2.48 bits per heavy atom. The number of nitrogens with zero attached hydrogens (tertiary/aromatic N) is 1. The van der Waals surface area contributed by atoms with Gasteiger partial charge in [-0.1, -0.05) is 12.1 Å². The fourth-order valence-electron chi connectivity index (χ4n) is 2.60. The summed E-state index contributed by atoms with van der Waals surface area (Å²) in [6, 6.07) is 6.70. The summed E-state index contributed by atoms with van der Waals surface area (Å²) < 4.78 is 10.1. The van der Waals surface area contributed by atoms with Gasteiger partial charge < -0.3 is 25.0 Å². The van der Waals surface area contributed by atoms with Gasteiger partial charge in [0.1, 0.15) is 5.75 Å². The number of nitrogens with one attached hydrogen (secondary N) is 2. The normalized spacial score (nSPS) is 14.6. The van der Waals surface area contributed by atoms with Gasteiger partial charge in [0.2, 0.25) is 0 Å². The number of carbonyl (C=O) groups excluding carboxylic acids is 3. The monoisotopic (exact) mass is 349 g/mol. The van der Waals surface area contributed by atoms with Gasteiger partial charge in [0.25, 0.3) is 0 Å². The van der Waals surface area contributed by atoms with Crippen LogP contribution in [0.25, 0.3) is 0 Å². The predicted octanol–water partition coefficient (Wildman–Crippen LogP) is 1.37.